The number of carbonyl (C=O) groups is 2. The molecule has 0 spiro atoms. The Balaban J connectivity index is 2.00. The van der Waals surface area contributed by atoms with Crippen LogP contribution in [0.15, 0.2) is 22.7 Å². The lowest BCUT2D eigenvalue weighted by Crippen LogP contribution is -2.38. The summed E-state index contributed by atoms with van der Waals surface area (Å²) < 4.78 is 0.321. The number of hydrogen-bond donors (Lipinski definition) is 2. The van der Waals surface area contributed by atoms with Crippen LogP contribution in [0.3, 0.4) is 0 Å². The van der Waals surface area contributed by atoms with E-state index in [1.54, 1.807) is 0 Å². The summed E-state index contributed by atoms with van der Waals surface area (Å²) in [6.45, 7) is 0.314. The molecular formula is C12H12BrN3O4. The Morgan fingerprint density at radius 1 is 1.55 bits per heavy atom. The van der Waals surface area contributed by atoms with Gasteiger partial charge in [0.05, 0.1) is 9.40 Å². The van der Waals surface area contributed by atoms with Crippen molar-refractivity contribution >= 4 is 33.4 Å². The molecule has 0 saturated carbocycles. The summed E-state index contributed by atoms with van der Waals surface area (Å²) in [5.74, 6) is -0.426. The molecule has 106 valence electrons. The fourth-order valence-corrected chi connectivity index (χ4v) is 2.33. The highest BCUT2D eigenvalue weighted by Gasteiger charge is 2.22. The highest BCUT2D eigenvalue weighted by Crippen LogP contribution is 2.25. The predicted octanol–water partition coefficient (Wildman–Crippen LogP) is 1.37. The molecule has 0 bridgehead atoms. The van der Waals surface area contributed by atoms with Gasteiger partial charge in [0.25, 0.3) is 11.6 Å². The van der Waals surface area contributed by atoms with E-state index >= 15 is 0 Å². The molecule has 1 unspecified atom stereocenters. The summed E-state index contributed by atoms with van der Waals surface area (Å²) in [4.78, 5) is 33.2. The van der Waals surface area contributed by atoms with Gasteiger partial charge in [-0.15, -0.1) is 0 Å². The Kier molecular flexibility index (Phi) is 4.33. The summed E-state index contributed by atoms with van der Waals surface area (Å²) in [5.41, 5.74) is 0.0519. The summed E-state index contributed by atoms with van der Waals surface area (Å²) in [6, 6.07) is 4.10. The topological polar surface area (TPSA) is 101 Å². The number of nitrogens with one attached hydrogen (secondary N) is 2. The lowest BCUT2D eigenvalue weighted by atomic mass is 10.1. The van der Waals surface area contributed by atoms with Crippen LogP contribution in [0.1, 0.15) is 23.2 Å². The van der Waals surface area contributed by atoms with Gasteiger partial charge in [-0.1, -0.05) is 0 Å². The van der Waals surface area contributed by atoms with Crippen LogP contribution in [0.4, 0.5) is 5.69 Å². The average Bonchev–Trinajstić information content (AvgIpc) is 2.82. The third kappa shape index (κ3) is 3.32. The second-order valence-corrected chi connectivity index (χ2v) is 5.29. The number of halogens is 1. The van der Waals surface area contributed by atoms with E-state index in [0.29, 0.717) is 23.9 Å². The maximum absolute atomic E-state index is 11.9. The monoisotopic (exact) mass is 341 g/mol. The molecule has 0 aromatic heterocycles. The first-order valence-corrected chi connectivity index (χ1v) is 6.78. The third-order valence-electron chi connectivity index (χ3n) is 3.00. The number of rotatable bonds is 4. The molecule has 20 heavy (non-hydrogen) atoms. The Hall–Kier alpha value is -1.96. The number of carbonyl (C=O) groups excluding carboxylic acids is 2. The molecule has 1 aliphatic heterocycles. The zero-order valence-electron chi connectivity index (χ0n) is 10.4. The first-order valence-electron chi connectivity index (χ1n) is 5.99. The van der Waals surface area contributed by atoms with Crippen molar-refractivity contribution in [3.05, 3.63) is 38.3 Å². The first kappa shape index (κ1) is 14.4. The van der Waals surface area contributed by atoms with Crippen LogP contribution in [-0.4, -0.2) is 29.3 Å². The van der Waals surface area contributed by atoms with E-state index in [2.05, 4.69) is 26.6 Å². The van der Waals surface area contributed by atoms with E-state index in [9.17, 15) is 19.7 Å². The van der Waals surface area contributed by atoms with E-state index in [1.807, 2.05) is 0 Å². The van der Waals surface area contributed by atoms with E-state index in [4.69, 9.17) is 0 Å². The molecule has 1 fully saturated rings. The fourth-order valence-electron chi connectivity index (χ4n) is 1.94. The molecule has 2 rings (SSSR count). The second kappa shape index (κ2) is 6.00. The molecule has 1 aromatic carbocycles. The van der Waals surface area contributed by atoms with Gasteiger partial charge in [-0.25, -0.2) is 0 Å². The van der Waals surface area contributed by atoms with Crippen LogP contribution >= 0.6 is 15.9 Å². The van der Waals surface area contributed by atoms with Gasteiger partial charge in [-0.3, -0.25) is 19.7 Å². The van der Waals surface area contributed by atoms with Crippen LogP contribution in [-0.2, 0) is 4.79 Å². The van der Waals surface area contributed by atoms with Crippen molar-refractivity contribution in [2.45, 2.75) is 18.9 Å². The minimum absolute atomic E-state index is 0.0245. The van der Waals surface area contributed by atoms with Crippen LogP contribution in [0.2, 0.25) is 0 Å². The lowest BCUT2D eigenvalue weighted by Gasteiger charge is -2.11. The Bertz CT molecular complexity index is 576. The van der Waals surface area contributed by atoms with Gasteiger partial charge in [0.2, 0.25) is 5.91 Å². The number of nitro groups is 1. The highest BCUT2D eigenvalue weighted by molar-refractivity contribution is 9.10. The van der Waals surface area contributed by atoms with Crippen molar-refractivity contribution in [1.82, 2.24) is 10.6 Å². The highest BCUT2D eigenvalue weighted by atomic mass is 79.9. The normalized spacial score (nSPS) is 17.6. The number of amides is 2. The summed E-state index contributed by atoms with van der Waals surface area (Å²) in [5, 5.41) is 16.2. The van der Waals surface area contributed by atoms with Gasteiger partial charge in [0, 0.05) is 30.6 Å². The van der Waals surface area contributed by atoms with Crippen LogP contribution in [0.25, 0.3) is 0 Å². The Morgan fingerprint density at radius 3 is 2.90 bits per heavy atom. The second-order valence-electron chi connectivity index (χ2n) is 4.44. The number of benzene rings is 1. The molecular weight excluding hydrogens is 330 g/mol. The first-order chi connectivity index (χ1) is 9.47. The van der Waals surface area contributed by atoms with Gasteiger partial charge in [0.1, 0.15) is 0 Å². The Labute approximate surface area is 123 Å². The van der Waals surface area contributed by atoms with E-state index in [-0.39, 0.29) is 23.2 Å². The number of hydrogen-bond acceptors (Lipinski definition) is 4. The van der Waals surface area contributed by atoms with E-state index in [0.717, 1.165) is 0 Å². The maximum atomic E-state index is 11.9. The minimum atomic E-state index is -0.557. The van der Waals surface area contributed by atoms with Crippen molar-refractivity contribution in [3.63, 3.8) is 0 Å². The molecule has 1 saturated heterocycles. The van der Waals surface area contributed by atoms with Crippen molar-refractivity contribution in [1.29, 1.82) is 0 Å². The molecule has 0 aliphatic carbocycles. The fraction of sp³-hybridized carbons (Fsp3) is 0.333. The van der Waals surface area contributed by atoms with Gasteiger partial charge >= 0.3 is 0 Å². The number of nitrogens with zero attached hydrogens (tertiary/aromatic N) is 1. The molecule has 1 heterocycles. The molecule has 2 amide bonds. The maximum Gasteiger partial charge on any atom is 0.284 e. The van der Waals surface area contributed by atoms with Gasteiger partial charge in [0.15, 0.2) is 0 Å². The van der Waals surface area contributed by atoms with Crippen LogP contribution < -0.4 is 10.6 Å². The van der Waals surface area contributed by atoms with E-state index < -0.39 is 10.8 Å². The standard InChI is InChI=1S/C12H12BrN3O4/c13-9-3-1-7(5-10(9)16(19)20)12(18)14-6-8-2-4-11(17)15-8/h1,3,5,8H,2,4,6H2,(H,14,18)(H,15,17). The van der Waals surface area contributed by atoms with Gasteiger partial charge < -0.3 is 10.6 Å². The third-order valence-corrected chi connectivity index (χ3v) is 3.67. The van der Waals surface area contributed by atoms with Crippen molar-refractivity contribution < 1.29 is 14.5 Å². The molecule has 0 radical (unpaired) electrons. The molecule has 1 aliphatic rings. The van der Waals surface area contributed by atoms with Gasteiger partial charge in [-0.05, 0) is 34.5 Å². The van der Waals surface area contributed by atoms with Gasteiger partial charge in [-0.2, -0.15) is 0 Å². The molecule has 8 heteroatoms. The molecule has 7 nitrogen and oxygen atoms in total. The molecule has 1 atom stereocenters. The summed E-state index contributed by atoms with van der Waals surface area (Å²) in [7, 11) is 0. The predicted molar refractivity (Wildman–Crippen MR) is 74.3 cm³/mol. The molecule has 1 aromatic rings. The lowest BCUT2D eigenvalue weighted by molar-refractivity contribution is -0.385. The van der Waals surface area contributed by atoms with Crippen LogP contribution in [0, 0.1) is 10.1 Å². The minimum Gasteiger partial charge on any atom is -0.352 e. The summed E-state index contributed by atoms with van der Waals surface area (Å²) in [6.07, 6.45) is 1.14. The largest absolute Gasteiger partial charge is 0.352 e. The Morgan fingerprint density at radius 2 is 2.30 bits per heavy atom. The SMILES string of the molecule is O=C1CCC(CNC(=O)c2ccc(Br)c([N+](=O)[O-])c2)N1. The summed E-state index contributed by atoms with van der Waals surface area (Å²) >= 11 is 3.06. The smallest absolute Gasteiger partial charge is 0.284 e. The quantitative estimate of drug-likeness (QED) is 0.637. The van der Waals surface area contributed by atoms with Crippen molar-refractivity contribution in [3.8, 4) is 0 Å². The van der Waals surface area contributed by atoms with Crippen molar-refractivity contribution in [2.24, 2.45) is 0 Å². The average molecular weight is 342 g/mol. The zero-order valence-corrected chi connectivity index (χ0v) is 12.0. The van der Waals surface area contributed by atoms with Crippen LogP contribution in [0.5, 0.6) is 0 Å². The molecule has 2 N–H and O–H groups in total. The van der Waals surface area contributed by atoms with Crippen molar-refractivity contribution in [2.75, 3.05) is 6.54 Å². The zero-order chi connectivity index (χ0) is 14.7. The van der Waals surface area contributed by atoms with E-state index in [1.165, 1.54) is 18.2 Å². The number of nitro benzene ring substituents is 1.